The van der Waals surface area contributed by atoms with Gasteiger partial charge in [0.05, 0.1) is 20.3 Å². The first-order valence-corrected chi connectivity index (χ1v) is 7.28. The summed E-state index contributed by atoms with van der Waals surface area (Å²) in [5.74, 6) is 1.00. The van der Waals surface area contributed by atoms with Crippen LogP contribution in [-0.2, 0) is 14.3 Å². The molecule has 1 aliphatic heterocycles. The lowest BCUT2D eigenvalue weighted by molar-refractivity contribution is -0.157. The maximum absolute atomic E-state index is 11.9. The molecule has 0 spiro atoms. The molecule has 4 atom stereocenters. The highest BCUT2D eigenvalue weighted by atomic mass is 16.5. The molecule has 1 aliphatic carbocycles. The summed E-state index contributed by atoms with van der Waals surface area (Å²) in [5, 5.41) is 0. The third kappa shape index (κ3) is 3.27. The molecule has 2 aliphatic rings. The van der Waals surface area contributed by atoms with Gasteiger partial charge in [-0.05, 0) is 31.2 Å². The number of esters is 1. The van der Waals surface area contributed by atoms with Gasteiger partial charge in [-0.3, -0.25) is 9.69 Å². The number of hydrogen-bond acceptors (Lipinski definition) is 5. The van der Waals surface area contributed by atoms with Gasteiger partial charge >= 0.3 is 5.97 Å². The van der Waals surface area contributed by atoms with E-state index in [1.165, 1.54) is 13.5 Å². The van der Waals surface area contributed by atoms with Crippen molar-refractivity contribution in [1.82, 2.24) is 4.90 Å². The van der Waals surface area contributed by atoms with Gasteiger partial charge in [0.1, 0.15) is 6.04 Å². The third-order valence-corrected chi connectivity index (χ3v) is 4.59. The second-order valence-electron chi connectivity index (χ2n) is 5.83. The number of morpholine rings is 1. The molecular formula is C14H26N2O3. The Morgan fingerprint density at radius 2 is 2.26 bits per heavy atom. The van der Waals surface area contributed by atoms with Crippen molar-refractivity contribution in [1.29, 1.82) is 0 Å². The fourth-order valence-electron chi connectivity index (χ4n) is 3.45. The van der Waals surface area contributed by atoms with E-state index in [9.17, 15) is 4.79 Å². The van der Waals surface area contributed by atoms with E-state index in [2.05, 4.69) is 11.8 Å². The molecule has 0 amide bonds. The average molecular weight is 270 g/mol. The molecule has 2 rings (SSSR count). The lowest BCUT2D eigenvalue weighted by Gasteiger charge is -2.46. The van der Waals surface area contributed by atoms with Crippen LogP contribution in [-0.4, -0.2) is 56.4 Å². The molecule has 1 saturated carbocycles. The van der Waals surface area contributed by atoms with Crippen LogP contribution in [0.5, 0.6) is 0 Å². The van der Waals surface area contributed by atoms with E-state index in [0.29, 0.717) is 37.6 Å². The largest absolute Gasteiger partial charge is 0.468 e. The molecular weight excluding hydrogens is 244 g/mol. The van der Waals surface area contributed by atoms with E-state index in [4.69, 9.17) is 15.2 Å². The molecule has 0 bridgehead atoms. The van der Waals surface area contributed by atoms with Gasteiger partial charge in [-0.2, -0.15) is 0 Å². The van der Waals surface area contributed by atoms with Gasteiger partial charge < -0.3 is 15.2 Å². The first-order chi connectivity index (χ1) is 9.17. The minimum Gasteiger partial charge on any atom is -0.468 e. The zero-order valence-corrected chi connectivity index (χ0v) is 12.0. The molecule has 5 nitrogen and oxygen atoms in total. The number of nitrogens with two attached hydrogens (primary N) is 1. The number of rotatable bonds is 3. The zero-order valence-electron chi connectivity index (χ0n) is 12.0. The van der Waals surface area contributed by atoms with Crippen molar-refractivity contribution in [2.75, 3.05) is 33.4 Å². The van der Waals surface area contributed by atoms with Gasteiger partial charge in [0.2, 0.25) is 0 Å². The van der Waals surface area contributed by atoms with Crippen molar-refractivity contribution in [3.8, 4) is 0 Å². The van der Waals surface area contributed by atoms with E-state index >= 15 is 0 Å². The normalized spacial score (nSPS) is 37.0. The van der Waals surface area contributed by atoms with Crippen molar-refractivity contribution >= 4 is 5.97 Å². The minimum absolute atomic E-state index is 0.186. The zero-order chi connectivity index (χ0) is 13.8. The molecule has 1 saturated heterocycles. The Morgan fingerprint density at radius 1 is 1.47 bits per heavy atom. The lowest BCUT2D eigenvalue weighted by Crippen LogP contribution is -2.58. The van der Waals surface area contributed by atoms with Crippen molar-refractivity contribution < 1.29 is 14.3 Å². The molecule has 2 N–H and O–H groups in total. The molecule has 1 heterocycles. The van der Waals surface area contributed by atoms with E-state index < -0.39 is 0 Å². The first-order valence-electron chi connectivity index (χ1n) is 7.28. The Labute approximate surface area is 115 Å². The number of ether oxygens (including phenoxy) is 2. The van der Waals surface area contributed by atoms with E-state index in [1.807, 2.05) is 0 Å². The molecule has 19 heavy (non-hydrogen) atoms. The monoisotopic (exact) mass is 270 g/mol. The van der Waals surface area contributed by atoms with Crippen molar-refractivity contribution in [2.45, 2.75) is 38.3 Å². The SMILES string of the molecule is COC(=O)C1COCCN1C1CC(C)CCC1CN. The van der Waals surface area contributed by atoms with Gasteiger partial charge in [-0.25, -0.2) is 0 Å². The van der Waals surface area contributed by atoms with Crippen LogP contribution in [0.3, 0.4) is 0 Å². The minimum atomic E-state index is -0.261. The first kappa shape index (κ1) is 14.8. The van der Waals surface area contributed by atoms with Gasteiger partial charge in [0.25, 0.3) is 0 Å². The van der Waals surface area contributed by atoms with Gasteiger partial charge in [0, 0.05) is 12.6 Å². The van der Waals surface area contributed by atoms with Crippen LogP contribution < -0.4 is 5.73 Å². The second kappa shape index (κ2) is 6.68. The molecule has 0 radical (unpaired) electrons. The van der Waals surface area contributed by atoms with Crippen LogP contribution in [0, 0.1) is 11.8 Å². The van der Waals surface area contributed by atoms with Crippen LogP contribution in [0.15, 0.2) is 0 Å². The molecule has 110 valence electrons. The summed E-state index contributed by atoms with van der Waals surface area (Å²) < 4.78 is 10.4. The number of carbonyl (C=O) groups excluding carboxylic acids is 1. The van der Waals surface area contributed by atoms with Crippen LogP contribution in [0.1, 0.15) is 26.2 Å². The summed E-state index contributed by atoms with van der Waals surface area (Å²) >= 11 is 0. The van der Waals surface area contributed by atoms with Crippen LogP contribution in [0.4, 0.5) is 0 Å². The third-order valence-electron chi connectivity index (χ3n) is 4.59. The Kier molecular flexibility index (Phi) is 5.19. The summed E-state index contributed by atoms with van der Waals surface area (Å²) in [6, 6.07) is 0.129. The molecule has 2 fully saturated rings. The van der Waals surface area contributed by atoms with Crippen LogP contribution in [0.25, 0.3) is 0 Å². The summed E-state index contributed by atoms with van der Waals surface area (Å²) in [4.78, 5) is 14.2. The van der Waals surface area contributed by atoms with Crippen molar-refractivity contribution in [2.24, 2.45) is 17.6 Å². The quantitative estimate of drug-likeness (QED) is 0.762. The topological polar surface area (TPSA) is 64.8 Å². The van der Waals surface area contributed by atoms with Crippen molar-refractivity contribution in [3.05, 3.63) is 0 Å². The van der Waals surface area contributed by atoms with Gasteiger partial charge in [-0.15, -0.1) is 0 Å². The predicted octanol–water partition coefficient (Wildman–Crippen LogP) is 0.624. The standard InChI is InChI=1S/C14H26N2O3/c1-10-3-4-11(8-15)12(7-10)16-5-6-19-9-13(16)14(17)18-2/h10-13H,3-9,15H2,1-2H3. The molecule has 5 heteroatoms. The summed E-state index contributed by atoms with van der Waals surface area (Å²) in [6.45, 7) is 4.91. The molecule has 0 aromatic rings. The van der Waals surface area contributed by atoms with E-state index in [1.54, 1.807) is 0 Å². The predicted molar refractivity (Wildman–Crippen MR) is 72.7 cm³/mol. The highest BCUT2D eigenvalue weighted by Gasteiger charge is 2.40. The number of carbonyl (C=O) groups is 1. The lowest BCUT2D eigenvalue weighted by atomic mass is 9.77. The molecule has 0 aromatic carbocycles. The number of nitrogens with zero attached hydrogens (tertiary/aromatic N) is 1. The highest BCUT2D eigenvalue weighted by molar-refractivity contribution is 5.76. The fourth-order valence-corrected chi connectivity index (χ4v) is 3.45. The highest BCUT2D eigenvalue weighted by Crippen LogP contribution is 2.33. The Balaban J connectivity index is 2.12. The maximum Gasteiger partial charge on any atom is 0.325 e. The van der Waals surface area contributed by atoms with Crippen LogP contribution in [0.2, 0.25) is 0 Å². The number of methoxy groups -OCH3 is 1. The van der Waals surface area contributed by atoms with E-state index in [0.717, 1.165) is 19.4 Å². The molecule has 0 aromatic heterocycles. The summed E-state index contributed by atoms with van der Waals surface area (Å²) in [5.41, 5.74) is 5.93. The van der Waals surface area contributed by atoms with E-state index in [-0.39, 0.29) is 12.0 Å². The summed E-state index contributed by atoms with van der Waals surface area (Å²) in [6.07, 6.45) is 3.52. The summed E-state index contributed by atoms with van der Waals surface area (Å²) in [7, 11) is 1.44. The van der Waals surface area contributed by atoms with Crippen LogP contribution >= 0.6 is 0 Å². The van der Waals surface area contributed by atoms with Crippen molar-refractivity contribution in [3.63, 3.8) is 0 Å². The average Bonchev–Trinajstić information content (AvgIpc) is 2.46. The number of hydrogen-bond donors (Lipinski definition) is 1. The Bertz CT molecular complexity index is 311. The van der Waals surface area contributed by atoms with Gasteiger partial charge in [0.15, 0.2) is 0 Å². The smallest absolute Gasteiger partial charge is 0.325 e. The maximum atomic E-state index is 11.9. The molecule has 4 unspecified atom stereocenters. The Hall–Kier alpha value is -0.650. The fraction of sp³-hybridized carbons (Fsp3) is 0.929. The van der Waals surface area contributed by atoms with Gasteiger partial charge in [-0.1, -0.05) is 13.3 Å². The Morgan fingerprint density at radius 3 is 2.95 bits per heavy atom. The second-order valence-corrected chi connectivity index (χ2v) is 5.83.